The van der Waals surface area contributed by atoms with Crippen molar-refractivity contribution < 1.29 is 38.9 Å². The number of amides is 2. The number of hydrogen-bond donors (Lipinski definition) is 7. The van der Waals surface area contributed by atoms with E-state index in [1.807, 2.05) is 60.7 Å². The second-order valence-corrected chi connectivity index (χ2v) is 11.9. The number of benzene rings is 5. The summed E-state index contributed by atoms with van der Waals surface area (Å²) in [6.07, 6.45) is 0.0540. The van der Waals surface area contributed by atoms with Gasteiger partial charge in [-0.25, -0.2) is 4.79 Å². The van der Waals surface area contributed by atoms with Crippen molar-refractivity contribution >= 4 is 41.0 Å². The number of carbonyl (C=O) groups excluding carboxylic acids is 2. The minimum atomic E-state index is -1.38. The molecular formula is C41H41N5O8. The quantitative estimate of drug-likeness (QED) is 0.0498. The van der Waals surface area contributed by atoms with Gasteiger partial charge in [0.15, 0.2) is 17.5 Å². The van der Waals surface area contributed by atoms with E-state index in [0.717, 1.165) is 18.1 Å². The first-order valence-corrected chi connectivity index (χ1v) is 16.7. The van der Waals surface area contributed by atoms with E-state index in [2.05, 4.69) is 16.0 Å². The largest absolute Gasteiger partial charge is 0.493 e. The summed E-state index contributed by atoms with van der Waals surface area (Å²) in [5.74, 6) is -2.68. The molecule has 0 unspecified atom stereocenters. The molecule has 0 aliphatic rings. The number of nitrogen functional groups attached to an aromatic ring is 1. The Balaban J connectivity index is 0.00000155. The predicted molar refractivity (Wildman–Crippen MR) is 205 cm³/mol. The molecule has 0 aromatic heterocycles. The van der Waals surface area contributed by atoms with Crippen molar-refractivity contribution in [2.24, 2.45) is 5.73 Å². The Morgan fingerprint density at radius 3 is 1.85 bits per heavy atom. The van der Waals surface area contributed by atoms with Gasteiger partial charge in [-0.15, -0.1) is 0 Å². The molecule has 0 bridgehead atoms. The number of nitrogens with two attached hydrogens (primary N) is 1. The lowest BCUT2D eigenvalue weighted by atomic mass is 9.99. The SMILES string of the molecule is CC(=O)O.COc1cc([C@H](Nc2ccc(C(=N)N)cc2)C(=O)N[C@H](C(=O)O)c2ccccc2)c(NC(=O)Cc2ccccc2)cc1OCc1ccccc1. The maximum Gasteiger partial charge on any atom is 0.330 e. The summed E-state index contributed by atoms with van der Waals surface area (Å²) in [7, 11) is 1.46. The Morgan fingerprint density at radius 1 is 0.759 bits per heavy atom. The van der Waals surface area contributed by atoms with Crippen molar-refractivity contribution in [1.29, 1.82) is 5.41 Å². The van der Waals surface area contributed by atoms with Crippen LogP contribution in [0.15, 0.2) is 127 Å². The maximum atomic E-state index is 14.3. The molecule has 0 fully saturated rings. The van der Waals surface area contributed by atoms with Crippen molar-refractivity contribution in [3.05, 3.63) is 155 Å². The zero-order valence-corrected chi connectivity index (χ0v) is 29.6. The molecule has 0 heterocycles. The van der Waals surface area contributed by atoms with E-state index < -0.39 is 29.9 Å². The van der Waals surface area contributed by atoms with Crippen LogP contribution >= 0.6 is 0 Å². The molecule has 13 nitrogen and oxygen atoms in total. The van der Waals surface area contributed by atoms with Crippen LogP contribution in [0.4, 0.5) is 11.4 Å². The minimum absolute atomic E-state index is 0.0540. The number of ether oxygens (including phenoxy) is 2. The van der Waals surface area contributed by atoms with Crippen molar-refractivity contribution in [3.63, 3.8) is 0 Å². The highest BCUT2D eigenvalue weighted by Crippen LogP contribution is 2.38. The number of carboxylic acids is 2. The topological polar surface area (TPSA) is 213 Å². The van der Waals surface area contributed by atoms with E-state index in [1.165, 1.54) is 7.11 Å². The first-order chi connectivity index (χ1) is 25.9. The highest BCUT2D eigenvalue weighted by Gasteiger charge is 2.31. The van der Waals surface area contributed by atoms with Crippen molar-refractivity contribution in [3.8, 4) is 11.5 Å². The van der Waals surface area contributed by atoms with Crippen LogP contribution in [0.5, 0.6) is 11.5 Å². The molecule has 2 amide bonds. The predicted octanol–water partition coefficient (Wildman–Crippen LogP) is 5.93. The van der Waals surface area contributed by atoms with Gasteiger partial charge in [-0.1, -0.05) is 91.0 Å². The summed E-state index contributed by atoms with van der Waals surface area (Å²) < 4.78 is 11.9. The summed E-state index contributed by atoms with van der Waals surface area (Å²) in [5.41, 5.74) is 9.17. The number of aliphatic carboxylic acids is 2. The Hall–Kier alpha value is -7.15. The van der Waals surface area contributed by atoms with E-state index in [1.54, 1.807) is 66.7 Å². The second-order valence-electron chi connectivity index (χ2n) is 11.9. The van der Waals surface area contributed by atoms with E-state index in [-0.39, 0.29) is 41.8 Å². The molecule has 5 aromatic rings. The first kappa shape index (κ1) is 39.6. The smallest absolute Gasteiger partial charge is 0.330 e. The molecule has 278 valence electrons. The molecule has 0 aliphatic heterocycles. The zero-order valence-electron chi connectivity index (χ0n) is 29.6. The summed E-state index contributed by atoms with van der Waals surface area (Å²) in [6, 6.07) is 34.1. The van der Waals surface area contributed by atoms with Crippen LogP contribution in [-0.4, -0.2) is 46.9 Å². The molecule has 5 aromatic carbocycles. The average Bonchev–Trinajstić information content (AvgIpc) is 3.16. The van der Waals surface area contributed by atoms with Crippen LogP contribution in [0.3, 0.4) is 0 Å². The van der Waals surface area contributed by atoms with Crippen LogP contribution in [0.2, 0.25) is 0 Å². The van der Waals surface area contributed by atoms with Crippen molar-refractivity contribution in [1.82, 2.24) is 5.32 Å². The fraction of sp³-hybridized carbons (Fsp3) is 0.146. The molecule has 13 heteroatoms. The summed E-state index contributed by atoms with van der Waals surface area (Å²) in [4.78, 5) is 49.1. The third-order valence-corrected chi connectivity index (χ3v) is 7.80. The number of nitrogens with one attached hydrogen (secondary N) is 4. The van der Waals surface area contributed by atoms with Crippen LogP contribution in [0, 0.1) is 5.41 Å². The molecule has 0 saturated heterocycles. The zero-order chi connectivity index (χ0) is 39.0. The fourth-order valence-electron chi connectivity index (χ4n) is 5.26. The van der Waals surface area contributed by atoms with Gasteiger partial charge in [0.05, 0.1) is 19.2 Å². The number of methoxy groups -OCH3 is 1. The number of hydrogen-bond acceptors (Lipinski definition) is 8. The van der Waals surface area contributed by atoms with Gasteiger partial charge in [0, 0.05) is 29.8 Å². The van der Waals surface area contributed by atoms with Gasteiger partial charge in [0.1, 0.15) is 18.5 Å². The van der Waals surface area contributed by atoms with Gasteiger partial charge in [-0.05, 0) is 47.0 Å². The fourth-order valence-corrected chi connectivity index (χ4v) is 5.26. The molecule has 0 saturated carbocycles. The Kier molecular flexibility index (Phi) is 14.3. The highest BCUT2D eigenvalue weighted by atomic mass is 16.5. The Bertz CT molecular complexity index is 2040. The lowest BCUT2D eigenvalue weighted by Gasteiger charge is -2.26. The van der Waals surface area contributed by atoms with Crippen LogP contribution < -0.4 is 31.2 Å². The molecule has 54 heavy (non-hydrogen) atoms. The number of carboxylic acid groups (broad SMARTS) is 2. The van der Waals surface area contributed by atoms with Crippen molar-refractivity contribution in [2.75, 3.05) is 17.7 Å². The number of rotatable bonds is 15. The molecule has 0 spiro atoms. The van der Waals surface area contributed by atoms with E-state index in [9.17, 15) is 19.5 Å². The number of carbonyl (C=O) groups is 4. The van der Waals surface area contributed by atoms with Crippen LogP contribution in [0.25, 0.3) is 0 Å². The van der Waals surface area contributed by atoms with Crippen LogP contribution in [-0.2, 0) is 32.2 Å². The third kappa shape index (κ3) is 11.7. The van der Waals surface area contributed by atoms with Gasteiger partial charge in [-0.2, -0.15) is 0 Å². The Morgan fingerprint density at radius 2 is 1.31 bits per heavy atom. The van der Waals surface area contributed by atoms with Gasteiger partial charge in [-0.3, -0.25) is 19.8 Å². The lowest BCUT2D eigenvalue weighted by molar-refractivity contribution is -0.142. The summed E-state index contributed by atoms with van der Waals surface area (Å²) in [5, 5.41) is 34.1. The van der Waals surface area contributed by atoms with Gasteiger partial charge >= 0.3 is 5.97 Å². The molecule has 5 rings (SSSR count). The number of amidine groups is 1. The maximum absolute atomic E-state index is 14.3. The molecule has 0 radical (unpaired) electrons. The normalized spacial score (nSPS) is 11.4. The van der Waals surface area contributed by atoms with Crippen molar-refractivity contribution in [2.45, 2.75) is 32.0 Å². The summed E-state index contributed by atoms with van der Waals surface area (Å²) >= 11 is 0. The van der Waals surface area contributed by atoms with E-state index >= 15 is 0 Å². The average molecular weight is 732 g/mol. The Labute approximate surface area is 312 Å². The molecular weight excluding hydrogens is 690 g/mol. The van der Waals surface area contributed by atoms with Crippen LogP contribution in [0.1, 0.15) is 46.8 Å². The van der Waals surface area contributed by atoms with E-state index in [0.29, 0.717) is 22.6 Å². The standard InChI is InChI=1S/C39H37N5O6.C2H4O2/c1-49-32-22-30(31(43-34(45)21-25-11-5-2-6-12-25)23-33(32)50-24-26-13-7-3-8-14-26)36(42-29-19-17-28(18-20-29)37(40)41)38(46)44-35(39(47)48)27-15-9-4-10-16-27;1-2(3)4/h2-20,22-23,35-36,42H,21,24H2,1H3,(H3,40,41)(H,43,45)(H,44,46)(H,47,48);1H3,(H,3,4)/t35-,36-;/m0./s1. The first-order valence-electron chi connectivity index (χ1n) is 16.7. The second kappa shape index (κ2) is 19.5. The number of anilines is 2. The van der Waals surface area contributed by atoms with E-state index in [4.69, 9.17) is 30.5 Å². The minimum Gasteiger partial charge on any atom is -0.493 e. The van der Waals surface area contributed by atoms with Gasteiger partial charge < -0.3 is 41.4 Å². The lowest BCUT2D eigenvalue weighted by Crippen LogP contribution is -2.39. The monoisotopic (exact) mass is 731 g/mol. The molecule has 2 atom stereocenters. The molecule has 0 aliphatic carbocycles. The van der Waals surface area contributed by atoms with Gasteiger partial charge in [0.2, 0.25) is 11.8 Å². The third-order valence-electron chi connectivity index (χ3n) is 7.80. The molecule has 8 N–H and O–H groups in total. The van der Waals surface area contributed by atoms with Gasteiger partial charge in [0.25, 0.3) is 5.97 Å². The summed E-state index contributed by atoms with van der Waals surface area (Å²) in [6.45, 7) is 1.29. The highest BCUT2D eigenvalue weighted by molar-refractivity contribution is 5.97.